The van der Waals surface area contributed by atoms with Gasteiger partial charge in [-0.05, 0) is 38.0 Å². The molecule has 2 fully saturated rings. The summed E-state index contributed by atoms with van der Waals surface area (Å²) in [6, 6.07) is 7.61. The topological polar surface area (TPSA) is 84.7 Å². The Morgan fingerprint density at radius 3 is 2.71 bits per heavy atom. The monoisotopic (exact) mass is 409 g/mol. The Morgan fingerprint density at radius 2 is 2.14 bits per heavy atom. The Bertz CT molecular complexity index is 739. The third-order valence-electron chi connectivity index (χ3n) is 6.34. The van der Waals surface area contributed by atoms with Crippen LogP contribution in [0.1, 0.15) is 58.6 Å². The highest BCUT2D eigenvalue weighted by atomic mass is 35.5. The fourth-order valence-electron chi connectivity index (χ4n) is 4.11. The van der Waals surface area contributed by atoms with E-state index in [0.717, 1.165) is 24.2 Å². The molecule has 3 rings (SSSR count). The maximum atomic E-state index is 12.9. The van der Waals surface area contributed by atoms with Crippen molar-refractivity contribution >= 4 is 29.9 Å². The van der Waals surface area contributed by atoms with Crippen molar-refractivity contribution in [2.24, 2.45) is 11.1 Å². The first kappa shape index (κ1) is 22.7. The van der Waals surface area contributed by atoms with E-state index in [1.165, 1.54) is 0 Å². The Morgan fingerprint density at radius 1 is 1.43 bits per heavy atom. The van der Waals surface area contributed by atoms with Crippen LogP contribution in [-0.2, 0) is 14.3 Å². The summed E-state index contributed by atoms with van der Waals surface area (Å²) in [6.07, 6.45) is 2.01. The average molecular weight is 410 g/mol. The smallest absolute Gasteiger partial charge is 0.241 e. The second-order valence-electron chi connectivity index (χ2n) is 8.28. The van der Waals surface area contributed by atoms with Crippen LogP contribution in [0.25, 0.3) is 0 Å². The lowest BCUT2D eigenvalue weighted by molar-refractivity contribution is -0.171. The highest BCUT2D eigenvalue weighted by Gasteiger charge is 2.62. The summed E-state index contributed by atoms with van der Waals surface area (Å²) in [6.45, 7) is 9.23. The van der Waals surface area contributed by atoms with Crippen molar-refractivity contribution in [3.05, 3.63) is 29.8 Å². The van der Waals surface area contributed by atoms with E-state index in [1.807, 2.05) is 56.9 Å². The van der Waals surface area contributed by atoms with Crippen LogP contribution < -0.4 is 16.0 Å². The Kier molecular flexibility index (Phi) is 6.79. The molecule has 28 heavy (non-hydrogen) atoms. The summed E-state index contributed by atoms with van der Waals surface area (Å²) in [4.78, 5) is 26.7. The number of hydrogen-bond acceptors (Lipinski definition) is 4. The molecule has 156 valence electrons. The molecule has 2 amide bonds. The van der Waals surface area contributed by atoms with Crippen molar-refractivity contribution in [2.75, 3.05) is 18.1 Å². The lowest BCUT2D eigenvalue weighted by Crippen LogP contribution is -2.75. The van der Waals surface area contributed by atoms with Gasteiger partial charge in [0.15, 0.2) is 0 Å². The van der Waals surface area contributed by atoms with Gasteiger partial charge in [-0.3, -0.25) is 9.59 Å². The van der Waals surface area contributed by atoms with E-state index in [4.69, 9.17) is 10.5 Å². The number of nitrogens with zero attached hydrogens (tertiary/aromatic N) is 1. The van der Waals surface area contributed by atoms with Crippen molar-refractivity contribution in [1.82, 2.24) is 5.32 Å². The number of benzene rings is 1. The van der Waals surface area contributed by atoms with Gasteiger partial charge in [0, 0.05) is 37.1 Å². The van der Waals surface area contributed by atoms with Gasteiger partial charge in [-0.1, -0.05) is 26.0 Å². The van der Waals surface area contributed by atoms with E-state index in [1.54, 1.807) is 0 Å². The Hall–Kier alpha value is -1.63. The van der Waals surface area contributed by atoms with Gasteiger partial charge in [0.05, 0.1) is 12.1 Å². The van der Waals surface area contributed by atoms with Gasteiger partial charge >= 0.3 is 0 Å². The average Bonchev–Trinajstić information content (AvgIpc) is 3.07. The van der Waals surface area contributed by atoms with E-state index < -0.39 is 11.0 Å². The Labute approximate surface area is 173 Å². The number of ether oxygens (including phenoxy) is 1. The van der Waals surface area contributed by atoms with Gasteiger partial charge < -0.3 is 20.7 Å². The zero-order valence-corrected chi connectivity index (χ0v) is 18.0. The molecule has 1 aromatic carbocycles. The van der Waals surface area contributed by atoms with Crippen LogP contribution in [0, 0.1) is 5.41 Å². The maximum absolute atomic E-state index is 12.9. The van der Waals surface area contributed by atoms with Crippen LogP contribution in [0.2, 0.25) is 0 Å². The third kappa shape index (κ3) is 3.78. The molecule has 0 bridgehead atoms. The van der Waals surface area contributed by atoms with Crippen LogP contribution >= 0.6 is 12.4 Å². The van der Waals surface area contributed by atoms with Crippen LogP contribution in [0.15, 0.2) is 24.3 Å². The fraction of sp³-hybridized carbons (Fsp3) is 0.619. The number of hydrogen-bond donors (Lipinski definition) is 2. The minimum absolute atomic E-state index is 0. The molecule has 3 unspecified atom stereocenters. The fourth-order valence-corrected chi connectivity index (χ4v) is 4.11. The number of nitrogens with one attached hydrogen (secondary N) is 1. The van der Waals surface area contributed by atoms with Crippen molar-refractivity contribution in [3.63, 3.8) is 0 Å². The molecule has 1 aliphatic carbocycles. The minimum Gasteiger partial charge on any atom is -0.378 e. The second kappa shape index (κ2) is 8.39. The molecule has 1 heterocycles. The second-order valence-corrected chi connectivity index (χ2v) is 8.28. The molecule has 0 radical (unpaired) electrons. The summed E-state index contributed by atoms with van der Waals surface area (Å²) in [5.74, 6) is 0.00142. The Balaban J connectivity index is 0.00000280. The van der Waals surface area contributed by atoms with Crippen molar-refractivity contribution in [2.45, 2.75) is 64.6 Å². The van der Waals surface area contributed by atoms with E-state index in [9.17, 15) is 9.59 Å². The van der Waals surface area contributed by atoms with Crippen molar-refractivity contribution in [1.29, 1.82) is 0 Å². The molecule has 0 aromatic heterocycles. The summed E-state index contributed by atoms with van der Waals surface area (Å²) in [5.41, 5.74) is 6.96. The first-order valence-electron chi connectivity index (χ1n) is 9.82. The molecule has 7 heteroatoms. The number of carbonyl (C=O) groups excluding carboxylic acids is 2. The number of rotatable bonds is 6. The standard InChI is InChI=1S/C21H31N3O3.ClH/c1-5-27-17-13-21(22,20(17,3)4)19(26)23-14(2)15-8-6-9-16(12-15)24-11-7-10-18(24)25;/h6,8-9,12,14,17H,5,7,10-11,13,22H2,1-4H3,(H,23,26);1H. The van der Waals surface area contributed by atoms with Crippen molar-refractivity contribution in [3.8, 4) is 0 Å². The maximum Gasteiger partial charge on any atom is 0.241 e. The SMILES string of the molecule is CCOC1CC(N)(C(=O)NC(C)c2cccc(N3CCCC3=O)c2)C1(C)C.Cl. The largest absolute Gasteiger partial charge is 0.378 e. The number of halogens is 1. The zero-order valence-electron chi connectivity index (χ0n) is 17.2. The lowest BCUT2D eigenvalue weighted by atomic mass is 9.54. The number of anilines is 1. The van der Waals surface area contributed by atoms with Gasteiger partial charge in [-0.25, -0.2) is 0 Å². The molecule has 2 aliphatic rings. The van der Waals surface area contributed by atoms with E-state index in [2.05, 4.69) is 5.32 Å². The summed E-state index contributed by atoms with van der Waals surface area (Å²) in [7, 11) is 0. The van der Waals surface area contributed by atoms with Gasteiger partial charge in [0.25, 0.3) is 0 Å². The van der Waals surface area contributed by atoms with Crippen LogP contribution in [0.5, 0.6) is 0 Å². The van der Waals surface area contributed by atoms with Gasteiger partial charge in [-0.15, -0.1) is 12.4 Å². The summed E-state index contributed by atoms with van der Waals surface area (Å²) < 4.78 is 5.71. The van der Waals surface area contributed by atoms with Gasteiger partial charge in [0.1, 0.15) is 5.54 Å². The minimum atomic E-state index is -0.941. The third-order valence-corrected chi connectivity index (χ3v) is 6.34. The highest BCUT2D eigenvalue weighted by molar-refractivity contribution is 5.95. The zero-order chi connectivity index (χ0) is 19.8. The first-order chi connectivity index (χ1) is 12.7. The molecule has 1 saturated carbocycles. The van der Waals surface area contributed by atoms with Crippen molar-refractivity contribution < 1.29 is 14.3 Å². The molecule has 1 saturated heterocycles. The molecule has 1 aromatic rings. The van der Waals surface area contributed by atoms with Gasteiger partial charge in [-0.2, -0.15) is 0 Å². The van der Waals surface area contributed by atoms with Gasteiger partial charge in [0.2, 0.25) is 11.8 Å². The summed E-state index contributed by atoms with van der Waals surface area (Å²) >= 11 is 0. The normalized spacial score (nSPS) is 27.0. The first-order valence-corrected chi connectivity index (χ1v) is 9.82. The van der Waals surface area contributed by atoms with Crippen LogP contribution in [0.3, 0.4) is 0 Å². The molecular formula is C21H32ClN3O3. The molecular weight excluding hydrogens is 378 g/mol. The van der Waals surface area contributed by atoms with Crippen LogP contribution in [0.4, 0.5) is 5.69 Å². The predicted molar refractivity (Wildman–Crippen MR) is 113 cm³/mol. The molecule has 6 nitrogen and oxygen atoms in total. The molecule has 3 N–H and O–H groups in total. The van der Waals surface area contributed by atoms with Crippen LogP contribution in [-0.4, -0.2) is 36.6 Å². The number of amides is 2. The van der Waals surface area contributed by atoms with E-state index in [-0.39, 0.29) is 36.4 Å². The van der Waals surface area contributed by atoms with E-state index in [0.29, 0.717) is 19.4 Å². The molecule has 0 spiro atoms. The summed E-state index contributed by atoms with van der Waals surface area (Å²) in [5, 5.41) is 3.06. The number of carbonyl (C=O) groups is 2. The van der Waals surface area contributed by atoms with E-state index >= 15 is 0 Å². The number of nitrogens with two attached hydrogens (primary N) is 1. The lowest BCUT2D eigenvalue weighted by Gasteiger charge is -2.57. The predicted octanol–water partition coefficient (Wildman–Crippen LogP) is 2.94. The molecule has 1 aliphatic heterocycles. The quantitative estimate of drug-likeness (QED) is 0.756. The molecule has 3 atom stereocenters. The highest BCUT2D eigenvalue weighted by Crippen LogP contribution is 2.50.